The molecule has 0 saturated heterocycles. The van der Waals surface area contributed by atoms with Crippen molar-refractivity contribution in [1.29, 1.82) is 0 Å². The molecule has 0 aromatic carbocycles. The van der Waals surface area contributed by atoms with Crippen LogP contribution in [-0.2, 0) is 11.3 Å². The maximum Gasteiger partial charge on any atom is 0.191 e. The first kappa shape index (κ1) is 18.2. The van der Waals surface area contributed by atoms with E-state index >= 15 is 0 Å². The number of ether oxygens (including phenoxy) is 1. The third-order valence-electron chi connectivity index (χ3n) is 4.61. The number of nitrogens with zero attached hydrogens (tertiary/aromatic N) is 2. The molecule has 6 heteroatoms. The van der Waals surface area contributed by atoms with Gasteiger partial charge in [0.2, 0.25) is 0 Å². The number of nitrogens with one attached hydrogen (secondary N) is 2. The van der Waals surface area contributed by atoms with Crippen molar-refractivity contribution in [2.24, 2.45) is 10.4 Å². The van der Waals surface area contributed by atoms with E-state index in [1.165, 1.54) is 11.3 Å². The van der Waals surface area contributed by atoms with Crippen molar-refractivity contribution in [3.05, 3.63) is 16.1 Å². The van der Waals surface area contributed by atoms with Crippen LogP contribution in [0.5, 0.6) is 0 Å². The quantitative estimate of drug-likeness (QED) is 0.456. The second-order valence-electron chi connectivity index (χ2n) is 6.76. The van der Waals surface area contributed by atoms with Crippen LogP contribution in [-0.4, -0.2) is 36.7 Å². The van der Waals surface area contributed by atoms with Gasteiger partial charge in [-0.15, -0.1) is 11.3 Å². The van der Waals surface area contributed by atoms with Crippen molar-refractivity contribution in [3.8, 4) is 0 Å². The molecule has 0 spiro atoms. The molecule has 2 atom stereocenters. The molecule has 1 aromatic rings. The Morgan fingerprint density at radius 1 is 1.52 bits per heavy atom. The number of hydrogen-bond donors (Lipinski definition) is 2. The lowest BCUT2D eigenvalue weighted by atomic mass is 9.64. The number of guanidine groups is 1. The SMILES string of the molecule is CCCCOC1CC(NC(=NC)NCc2ncc(C)s2)C1(C)C. The summed E-state index contributed by atoms with van der Waals surface area (Å²) in [7, 11) is 1.81. The van der Waals surface area contributed by atoms with E-state index in [1.807, 2.05) is 13.2 Å². The molecule has 5 nitrogen and oxygen atoms in total. The molecule has 130 valence electrons. The molecular formula is C17H30N4OS. The van der Waals surface area contributed by atoms with E-state index in [2.05, 4.69) is 48.3 Å². The fourth-order valence-corrected chi connectivity index (χ4v) is 3.51. The summed E-state index contributed by atoms with van der Waals surface area (Å²) in [6.07, 6.45) is 5.60. The lowest BCUT2D eigenvalue weighted by Gasteiger charge is -2.52. The van der Waals surface area contributed by atoms with Crippen LogP contribution in [0, 0.1) is 12.3 Å². The number of unbranched alkanes of at least 4 members (excludes halogenated alkanes) is 1. The number of aryl methyl sites for hydroxylation is 1. The minimum absolute atomic E-state index is 0.128. The van der Waals surface area contributed by atoms with E-state index in [1.54, 1.807) is 11.3 Å². The van der Waals surface area contributed by atoms with Crippen molar-refractivity contribution in [2.75, 3.05) is 13.7 Å². The zero-order chi connectivity index (χ0) is 16.9. The van der Waals surface area contributed by atoms with Crippen molar-refractivity contribution in [3.63, 3.8) is 0 Å². The first-order valence-corrected chi connectivity index (χ1v) is 9.29. The summed E-state index contributed by atoms with van der Waals surface area (Å²) < 4.78 is 6.00. The third kappa shape index (κ3) is 4.67. The van der Waals surface area contributed by atoms with E-state index in [0.717, 1.165) is 30.4 Å². The molecule has 0 bridgehead atoms. The van der Waals surface area contributed by atoms with E-state index in [4.69, 9.17) is 4.74 Å². The predicted molar refractivity (Wildman–Crippen MR) is 97.0 cm³/mol. The highest BCUT2D eigenvalue weighted by Crippen LogP contribution is 2.42. The largest absolute Gasteiger partial charge is 0.378 e. The topological polar surface area (TPSA) is 58.5 Å². The van der Waals surface area contributed by atoms with Gasteiger partial charge in [0, 0.05) is 36.2 Å². The Kier molecular flexibility index (Phi) is 6.41. The number of rotatable bonds is 7. The van der Waals surface area contributed by atoms with Gasteiger partial charge in [-0.25, -0.2) is 4.98 Å². The number of hydrogen-bond acceptors (Lipinski definition) is 4. The standard InChI is InChI=1S/C17H30N4OS/c1-6-7-8-22-14-9-13(17(14,3)4)21-16(18-5)20-11-15-19-10-12(2)23-15/h10,13-14H,6-9,11H2,1-5H3,(H2,18,20,21). The third-order valence-corrected chi connectivity index (χ3v) is 5.52. The predicted octanol–water partition coefficient (Wildman–Crippen LogP) is 3.10. The molecule has 0 radical (unpaired) electrons. The maximum atomic E-state index is 6.00. The highest BCUT2D eigenvalue weighted by molar-refractivity contribution is 7.11. The van der Waals surface area contributed by atoms with Gasteiger partial charge in [-0.2, -0.15) is 0 Å². The van der Waals surface area contributed by atoms with E-state index in [-0.39, 0.29) is 5.41 Å². The summed E-state index contributed by atoms with van der Waals surface area (Å²) in [4.78, 5) is 9.93. The van der Waals surface area contributed by atoms with Gasteiger partial charge in [0.1, 0.15) is 5.01 Å². The smallest absolute Gasteiger partial charge is 0.191 e. The second-order valence-corrected chi connectivity index (χ2v) is 8.08. The van der Waals surface area contributed by atoms with Crippen LogP contribution in [0.2, 0.25) is 0 Å². The number of aliphatic imine (C=N–C) groups is 1. The van der Waals surface area contributed by atoms with Gasteiger partial charge in [0.25, 0.3) is 0 Å². The first-order chi connectivity index (χ1) is 11.0. The Balaban J connectivity index is 1.78. The molecule has 23 heavy (non-hydrogen) atoms. The van der Waals surface area contributed by atoms with Crippen LogP contribution >= 0.6 is 11.3 Å². The van der Waals surface area contributed by atoms with Crippen molar-refractivity contribution in [2.45, 2.75) is 65.6 Å². The first-order valence-electron chi connectivity index (χ1n) is 8.47. The van der Waals surface area contributed by atoms with Gasteiger partial charge in [0.05, 0.1) is 12.6 Å². The van der Waals surface area contributed by atoms with Gasteiger partial charge >= 0.3 is 0 Å². The maximum absolute atomic E-state index is 6.00. The Bertz CT molecular complexity index is 526. The van der Waals surface area contributed by atoms with Gasteiger partial charge in [-0.1, -0.05) is 27.2 Å². The summed E-state index contributed by atoms with van der Waals surface area (Å²) in [6.45, 7) is 10.4. The zero-order valence-electron chi connectivity index (χ0n) is 15.0. The van der Waals surface area contributed by atoms with Crippen LogP contribution in [0.15, 0.2) is 11.2 Å². The van der Waals surface area contributed by atoms with E-state index in [0.29, 0.717) is 18.7 Å². The van der Waals surface area contributed by atoms with Gasteiger partial charge < -0.3 is 15.4 Å². The minimum atomic E-state index is 0.128. The second kappa shape index (κ2) is 8.11. The average Bonchev–Trinajstić information content (AvgIpc) is 2.94. The Morgan fingerprint density at radius 3 is 2.87 bits per heavy atom. The van der Waals surface area contributed by atoms with Crippen LogP contribution in [0.4, 0.5) is 0 Å². The Labute approximate surface area is 144 Å². The van der Waals surface area contributed by atoms with Crippen molar-refractivity contribution < 1.29 is 4.74 Å². The average molecular weight is 339 g/mol. The normalized spacial score (nSPS) is 23.4. The fourth-order valence-electron chi connectivity index (χ4n) is 2.79. The van der Waals surface area contributed by atoms with Crippen molar-refractivity contribution in [1.82, 2.24) is 15.6 Å². The van der Waals surface area contributed by atoms with Crippen LogP contribution in [0.1, 0.15) is 49.9 Å². The Morgan fingerprint density at radius 2 is 2.30 bits per heavy atom. The summed E-state index contributed by atoms with van der Waals surface area (Å²) in [5.74, 6) is 0.836. The van der Waals surface area contributed by atoms with E-state index < -0.39 is 0 Å². The van der Waals surface area contributed by atoms with Gasteiger partial charge in [-0.05, 0) is 19.8 Å². The molecule has 0 aliphatic heterocycles. The van der Waals surface area contributed by atoms with Crippen molar-refractivity contribution >= 4 is 17.3 Å². The monoisotopic (exact) mass is 338 g/mol. The van der Waals surface area contributed by atoms with Gasteiger partial charge in [-0.3, -0.25) is 4.99 Å². The molecule has 1 aliphatic carbocycles. The number of thiazole rings is 1. The summed E-state index contributed by atoms with van der Waals surface area (Å²) >= 11 is 1.71. The molecule has 1 saturated carbocycles. The summed E-state index contributed by atoms with van der Waals surface area (Å²) in [5.41, 5.74) is 0.128. The molecule has 2 rings (SSSR count). The molecule has 1 aliphatic rings. The Hall–Kier alpha value is -1.14. The molecular weight excluding hydrogens is 308 g/mol. The number of aromatic nitrogens is 1. The summed E-state index contributed by atoms with van der Waals surface area (Å²) in [6, 6.07) is 0.387. The molecule has 2 unspecified atom stereocenters. The molecule has 0 amide bonds. The lowest BCUT2D eigenvalue weighted by molar-refractivity contribution is -0.113. The molecule has 2 N–H and O–H groups in total. The summed E-state index contributed by atoms with van der Waals surface area (Å²) in [5, 5.41) is 7.96. The lowest BCUT2D eigenvalue weighted by Crippen LogP contribution is -2.63. The van der Waals surface area contributed by atoms with Crippen LogP contribution in [0.25, 0.3) is 0 Å². The minimum Gasteiger partial charge on any atom is -0.378 e. The van der Waals surface area contributed by atoms with Crippen LogP contribution in [0.3, 0.4) is 0 Å². The molecule has 1 aromatic heterocycles. The molecule has 1 heterocycles. The highest BCUT2D eigenvalue weighted by atomic mass is 32.1. The van der Waals surface area contributed by atoms with Crippen LogP contribution < -0.4 is 10.6 Å². The fraction of sp³-hybridized carbons (Fsp3) is 0.765. The molecule has 1 fully saturated rings. The van der Waals surface area contributed by atoms with E-state index in [9.17, 15) is 0 Å². The highest BCUT2D eigenvalue weighted by Gasteiger charge is 2.49. The van der Waals surface area contributed by atoms with Gasteiger partial charge in [0.15, 0.2) is 5.96 Å². The zero-order valence-corrected chi connectivity index (χ0v) is 15.8.